The standard InChI is InChI=1S/C12H16N4/c13-11-12(15-4-3-14-11)16-10-8-6-1-2-7(5-6)9(8)10/h3-4,6-10H,1-2,5H2,(H2,13,14)(H,15,16). The summed E-state index contributed by atoms with van der Waals surface area (Å²) in [5.74, 6) is 5.07. The van der Waals surface area contributed by atoms with E-state index in [0.29, 0.717) is 11.9 Å². The van der Waals surface area contributed by atoms with Crippen molar-refractivity contribution in [2.75, 3.05) is 11.1 Å². The molecule has 0 spiro atoms. The molecule has 1 aromatic heterocycles. The maximum atomic E-state index is 5.80. The van der Waals surface area contributed by atoms with E-state index in [1.807, 2.05) is 0 Å². The van der Waals surface area contributed by atoms with Crippen LogP contribution in [0, 0.1) is 23.7 Å². The summed E-state index contributed by atoms with van der Waals surface area (Å²) in [7, 11) is 0. The van der Waals surface area contributed by atoms with Crippen molar-refractivity contribution in [2.24, 2.45) is 23.7 Å². The summed E-state index contributed by atoms with van der Waals surface area (Å²) in [6.07, 6.45) is 7.70. The molecule has 0 aromatic carbocycles. The lowest BCUT2D eigenvalue weighted by molar-refractivity contribution is 0.456. The zero-order valence-electron chi connectivity index (χ0n) is 9.13. The fourth-order valence-corrected chi connectivity index (χ4v) is 4.14. The van der Waals surface area contributed by atoms with Crippen LogP contribution in [0.15, 0.2) is 12.4 Å². The van der Waals surface area contributed by atoms with Crippen molar-refractivity contribution in [2.45, 2.75) is 25.3 Å². The Morgan fingerprint density at radius 3 is 2.50 bits per heavy atom. The molecule has 2 bridgehead atoms. The van der Waals surface area contributed by atoms with Crippen molar-refractivity contribution in [3.05, 3.63) is 12.4 Å². The van der Waals surface area contributed by atoms with Crippen molar-refractivity contribution >= 4 is 11.6 Å². The zero-order chi connectivity index (χ0) is 10.7. The Morgan fingerprint density at radius 2 is 1.81 bits per heavy atom. The summed E-state index contributed by atoms with van der Waals surface area (Å²) in [6, 6.07) is 0.630. The van der Waals surface area contributed by atoms with Crippen LogP contribution in [-0.2, 0) is 0 Å². The van der Waals surface area contributed by atoms with E-state index < -0.39 is 0 Å². The van der Waals surface area contributed by atoms with E-state index >= 15 is 0 Å². The quantitative estimate of drug-likeness (QED) is 0.786. The zero-order valence-corrected chi connectivity index (χ0v) is 9.13. The topological polar surface area (TPSA) is 63.8 Å². The molecule has 4 rings (SSSR count). The van der Waals surface area contributed by atoms with E-state index in [9.17, 15) is 0 Å². The highest BCUT2D eigenvalue weighted by Gasteiger charge is 2.65. The second-order valence-corrected chi connectivity index (χ2v) is 5.45. The molecule has 1 aromatic rings. The van der Waals surface area contributed by atoms with Gasteiger partial charge in [-0.15, -0.1) is 0 Å². The Bertz CT molecular complexity index is 417. The van der Waals surface area contributed by atoms with E-state index in [4.69, 9.17) is 5.73 Å². The number of anilines is 2. The van der Waals surface area contributed by atoms with Gasteiger partial charge in [-0.05, 0) is 42.9 Å². The maximum absolute atomic E-state index is 5.80. The average molecular weight is 216 g/mol. The number of nitrogens with two attached hydrogens (primary N) is 1. The molecule has 4 heteroatoms. The fraction of sp³-hybridized carbons (Fsp3) is 0.667. The van der Waals surface area contributed by atoms with Crippen molar-refractivity contribution in [1.82, 2.24) is 9.97 Å². The highest BCUT2D eigenvalue weighted by Crippen LogP contribution is 2.66. The molecule has 3 aliphatic carbocycles. The molecule has 3 N–H and O–H groups in total. The second kappa shape index (κ2) is 2.87. The van der Waals surface area contributed by atoms with Gasteiger partial charge < -0.3 is 11.1 Å². The van der Waals surface area contributed by atoms with Crippen LogP contribution < -0.4 is 11.1 Å². The molecule has 0 amide bonds. The first-order valence-electron chi connectivity index (χ1n) is 6.17. The summed E-state index contributed by atoms with van der Waals surface area (Å²) in [5.41, 5.74) is 5.80. The van der Waals surface area contributed by atoms with E-state index in [2.05, 4.69) is 15.3 Å². The lowest BCUT2D eigenvalue weighted by Crippen LogP contribution is -2.15. The lowest BCUT2D eigenvalue weighted by Gasteiger charge is -2.11. The third-order valence-electron chi connectivity index (χ3n) is 4.77. The molecular formula is C12H16N4. The summed E-state index contributed by atoms with van der Waals surface area (Å²) in [6.45, 7) is 0. The molecule has 3 saturated carbocycles. The number of aromatic nitrogens is 2. The summed E-state index contributed by atoms with van der Waals surface area (Å²) >= 11 is 0. The van der Waals surface area contributed by atoms with Crippen LogP contribution in [0.2, 0.25) is 0 Å². The van der Waals surface area contributed by atoms with Crippen molar-refractivity contribution in [3.8, 4) is 0 Å². The van der Waals surface area contributed by atoms with Crippen LogP contribution in [0.5, 0.6) is 0 Å². The number of nitrogen functional groups attached to an aromatic ring is 1. The molecule has 4 unspecified atom stereocenters. The molecule has 3 fully saturated rings. The molecule has 0 aliphatic heterocycles. The number of nitrogens with zero attached hydrogens (tertiary/aromatic N) is 2. The van der Waals surface area contributed by atoms with Crippen molar-refractivity contribution in [3.63, 3.8) is 0 Å². The summed E-state index contributed by atoms with van der Waals surface area (Å²) in [5, 5.41) is 3.49. The first kappa shape index (κ1) is 8.79. The van der Waals surface area contributed by atoms with E-state index in [1.165, 1.54) is 19.3 Å². The number of fused-ring (bicyclic) bond motifs is 5. The van der Waals surface area contributed by atoms with Crippen LogP contribution in [-0.4, -0.2) is 16.0 Å². The number of hydrogen-bond acceptors (Lipinski definition) is 4. The minimum atomic E-state index is 0.528. The predicted molar refractivity (Wildman–Crippen MR) is 61.7 cm³/mol. The molecule has 1 heterocycles. The Kier molecular flexibility index (Phi) is 1.58. The normalized spacial score (nSPS) is 43.1. The Hall–Kier alpha value is -1.32. The first-order valence-corrected chi connectivity index (χ1v) is 6.17. The first-order chi connectivity index (χ1) is 7.84. The van der Waals surface area contributed by atoms with E-state index in [0.717, 1.165) is 29.5 Å². The molecule has 0 saturated heterocycles. The second-order valence-electron chi connectivity index (χ2n) is 5.45. The number of hydrogen-bond donors (Lipinski definition) is 2. The van der Waals surface area contributed by atoms with Gasteiger partial charge in [0.2, 0.25) is 0 Å². The van der Waals surface area contributed by atoms with Gasteiger partial charge in [-0.2, -0.15) is 0 Å². The highest BCUT2D eigenvalue weighted by atomic mass is 15.1. The predicted octanol–water partition coefficient (Wildman–Crippen LogP) is 1.52. The van der Waals surface area contributed by atoms with Gasteiger partial charge in [-0.3, -0.25) is 0 Å². The Balaban J connectivity index is 1.53. The van der Waals surface area contributed by atoms with Gasteiger partial charge in [-0.25, -0.2) is 9.97 Å². The van der Waals surface area contributed by atoms with Gasteiger partial charge in [0, 0.05) is 18.4 Å². The summed E-state index contributed by atoms with van der Waals surface area (Å²) < 4.78 is 0. The van der Waals surface area contributed by atoms with Gasteiger partial charge in [-0.1, -0.05) is 0 Å². The molecular weight excluding hydrogens is 200 g/mol. The van der Waals surface area contributed by atoms with Gasteiger partial charge in [0.1, 0.15) is 0 Å². The Morgan fingerprint density at radius 1 is 1.12 bits per heavy atom. The van der Waals surface area contributed by atoms with Gasteiger partial charge in [0.05, 0.1) is 0 Å². The smallest absolute Gasteiger partial charge is 0.169 e. The average Bonchev–Trinajstić information content (AvgIpc) is 2.71. The van der Waals surface area contributed by atoms with Crippen LogP contribution >= 0.6 is 0 Å². The minimum Gasteiger partial charge on any atom is -0.381 e. The van der Waals surface area contributed by atoms with E-state index in [1.54, 1.807) is 12.4 Å². The largest absolute Gasteiger partial charge is 0.381 e. The van der Waals surface area contributed by atoms with Gasteiger partial charge in [0.25, 0.3) is 0 Å². The maximum Gasteiger partial charge on any atom is 0.169 e. The van der Waals surface area contributed by atoms with Gasteiger partial charge in [0.15, 0.2) is 11.6 Å². The summed E-state index contributed by atoms with van der Waals surface area (Å²) in [4.78, 5) is 8.32. The fourth-order valence-electron chi connectivity index (χ4n) is 4.14. The van der Waals surface area contributed by atoms with E-state index in [-0.39, 0.29) is 0 Å². The molecule has 0 radical (unpaired) electrons. The minimum absolute atomic E-state index is 0.528. The molecule has 4 nitrogen and oxygen atoms in total. The van der Waals surface area contributed by atoms with Crippen molar-refractivity contribution < 1.29 is 0 Å². The number of nitrogens with one attached hydrogen (secondary N) is 1. The Labute approximate surface area is 94.7 Å². The third-order valence-corrected chi connectivity index (χ3v) is 4.77. The monoisotopic (exact) mass is 216 g/mol. The van der Waals surface area contributed by atoms with Gasteiger partial charge >= 0.3 is 0 Å². The molecule has 4 atom stereocenters. The van der Waals surface area contributed by atoms with Crippen LogP contribution in [0.3, 0.4) is 0 Å². The van der Waals surface area contributed by atoms with Crippen LogP contribution in [0.25, 0.3) is 0 Å². The molecule has 16 heavy (non-hydrogen) atoms. The molecule has 84 valence electrons. The lowest BCUT2D eigenvalue weighted by atomic mass is 10.0. The molecule has 3 aliphatic rings. The third kappa shape index (κ3) is 1.05. The number of rotatable bonds is 2. The van der Waals surface area contributed by atoms with Crippen LogP contribution in [0.4, 0.5) is 11.6 Å². The SMILES string of the molecule is Nc1nccnc1NC1C2C3CCC(C3)C12. The van der Waals surface area contributed by atoms with Crippen molar-refractivity contribution in [1.29, 1.82) is 0 Å². The van der Waals surface area contributed by atoms with Crippen LogP contribution in [0.1, 0.15) is 19.3 Å². The highest BCUT2D eigenvalue weighted by molar-refractivity contribution is 5.57.